The van der Waals surface area contributed by atoms with Crippen molar-refractivity contribution in [1.29, 1.82) is 0 Å². The number of hydrogen-bond acceptors (Lipinski definition) is 8. The number of nitrogen functional groups attached to an aromatic ring is 4. The van der Waals surface area contributed by atoms with Gasteiger partial charge in [0, 0.05) is 11.1 Å². The Balaban J connectivity index is 1.61. The summed E-state index contributed by atoms with van der Waals surface area (Å²) < 4.78 is 172. The van der Waals surface area contributed by atoms with E-state index in [1.54, 1.807) is 60.7 Å². The van der Waals surface area contributed by atoms with Gasteiger partial charge in [0.05, 0.1) is 22.7 Å². The number of benzene rings is 6. The third-order valence-electron chi connectivity index (χ3n) is 11.2. The number of halogens is 6. The van der Waals surface area contributed by atoms with E-state index < -0.39 is 92.8 Å². The van der Waals surface area contributed by atoms with Crippen LogP contribution in [0.25, 0.3) is 44.5 Å². The summed E-state index contributed by atoms with van der Waals surface area (Å²) in [6.45, 7) is 0. The Morgan fingerprint density at radius 3 is 1.12 bits per heavy atom. The van der Waals surface area contributed by atoms with E-state index in [-0.39, 0.29) is 47.2 Å². The average molecular weight is 853 g/mol. The van der Waals surface area contributed by atoms with Crippen molar-refractivity contribution in [2.75, 3.05) is 22.9 Å². The molecule has 10 N–H and O–H groups in total. The van der Waals surface area contributed by atoms with E-state index in [0.29, 0.717) is 33.4 Å². The van der Waals surface area contributed by atoms with Crippen LogP contribution in [-0.2, 0) is 38.5 Å². The largest absolute Gasteiger partial charge is 0.411 e. The third kappa shape index (κ3) is 5.76. The summed E-state index contributed by atoms with van der Waals surface area (Å²) in [5.41, 5.74) is 12.5. The summed E-state index contributed by atoms with van der Waals surface area (Å²) in [4.78, 5) is -3.20. The molecule has 6 aromatic rings. The molecular weight excluding hydrogens is 823 g/mol. The fourth-order valence-electron chi connectivity index (χ4n) is 8.69. The van der Waals surface area contributed by atoms with Gasteiger partial charge in [-0.3, -0.25) is 9.11 Å². The number of alkyl halides is 6. The number of fused-ring (bicyclic) bond motifs is 6. The molecule has 10 nitrogen and oxygen atoms in total. The summed E-state index contributed by atoms with van der Waals surface area (Å²) in [5.74, 6) is 0. The highest BCUT2D eigenvalue weighted by atomic mass is 32.2. The molecule has 2 aliphatic carbocycles. The van der Waals surface area contributed by atoms with Crippen molar-refractivity contribution in [3.63, 3.8) is 0 Å². The van der Waals surface area contributed by atoms with E-state index in [2.05, 4.69) is 0 Å². The highest BCUT2D eigenvalue weighted by molar-refractivity contribution is 7.86. The van der Waals surface area contributed by atoms with Gasteiger partial charge in [-0.15, -0.1) is 0 Å². The van der Waals surface area contributed by atoms with Gasteiger partial charge in [0.25, 0.3) is 20.2 Å². The predicted octanol–water partition coefficient (Wildman–Crippen LogP) is 8.40. The predicted molar refractivity (Wildman–Crippen MR) is 210 cm³/mol. The zero-order valence-corrected chi connectivity index (χ0v) is 31.7. The van der Waals surface area contributed by atoms with Gasteiger partial charge in [0.1, 0.15) is 9.79 Å². The maximum absolute atomic E-state index is 16.6. The standard InChI is InChI=1S/C41H30F6N4O6S2/c42-40(43,44)39(41(45,46)47,29-17-31(58(52,53)54)35(48)37(50)33(29)25-13-5-11-23-21-9-3-1-7-19(21)15-27(23)25)30-18-32(59(55,56)57)36(49)38(51)34(30)26-14-6-12-24-22-10-4-2-8-20(22)16-28(24)26/h1-14,17-18H,15-16,48-51H2,(H,52,53,54)(H,55,56,57). The molecule has 59 heavy (non-hydrogen) atoms. The van der Waals surface area contributed by atoms with Crippen molar-refractivity contribution in [2.45, 2.75) is 40.4 Å². The normalized spacial score (nSPS) is 13.8. The molecule has 0 aliphatic heterocycles. The van der Waals surface area contributed by atoms with Crippen molar-refractivity contribution in [3.8, 4) is 44.5 Å². The van der Waals surface area contributed by atoms with Crippen molar-refractivity contribution >= 4 is 43.0 Å². The van der Waals surface area contributed by atoms with Crippen LogP contribution in [0.4, 0.5) is 49.1 Å². The van der Waals surface area contributed by atoms with Gasteiger partial charge in [-0.25, -0.2) is 0 Å². The minimum absolute atomic E-state index is 0.0186. The second-order valence-corrected chi connectivity index (χ2v) is 17.1. The van der Waals surface area contributed by atoms with E-state index in [4.69, 9.17) is 22.9 Å². The fourth-order valence-corrected chi connectivity index (χ4v) is 9.99. The summed E-state index contributed by atoms with van der Waals surface area (Å²) >= 11 is 0. The van der Waals surface area contributed by atoms with Gasteiger partial charge in [-0.05, 0) is 91.7 Å². The minimum atomic E-state index is -6.59. The van der Waals surface area contributed by atoms with Gasteiger partial charge in [-0.2, -0.15) is 43.2 Å². The number of hydrogen-bond donors (Lipinski definition) is 6. The molecule has 0 spiro atoms. The summed E-state index contributed by atoms with van der Waals surface area (Å²) in [6, 6.07) is 21.6. The van der Waals surface area contributed by atoms with Crippen LogP contribution in [0.15, 0.2) is 107 Å². The second-order valence-electron chi connectivity index (χ2n) is 14.3. The summed E-state index contributed by atoms with van der Waals surface area (Å²) in [7, 11) is -11.5. The number of rotatable bonds is 6. The topological polar surface area (TPSA) is 213 Å². The molecule has 18 heteroatoms. The zero-order valence-electron chi connectivity index (χ0n) is 30.1. The van der Waals surface area contributed by atoms with Crippen LogP contribution < -0.4 is 22.9 Å². The molecule has 0 heterocycles. The Labute approximate surface area is 332 Å². The molecule has 0 saturated carbocycles. The molecular formula is C41H30F6N4O6S2. The van der Waals surface area contributed by atoms with Crippen molar-refractivity contribution in [3.05, 3.63) is 130 Å². The van der Waals surface area contributed by atoms with E-state index >= 15 is 26.3 Å². The fraction of sp³-hybridized carbons (Fsp3) is 0.122. The molecule has 0 radical (unpaired) electrons. The maximum Gasteiger partial charge on any atom is 0.411 e. The maximum atomic E-state index is 16.6. The highest BCUT2D eigenvalue weighted by Gasteiger charge is 2.74. The second kappa shape index (κ2) is 13.0. The first-order valence-corrected chi connectivity index (χ1v) is 20.3. The van der Waals surface area contributed by atoms with Crippen LogP contribution in [0, 0.1) is 0 Å². The Hall–Kier alpha value is -6.08. The van der Waals surface area contributed by atoms with E-state index in [1.165, 1.54) is 24.3 Å². The summed E-state index contributed by atoms with van der Waals surface area (Å²) in [5, 5.41) is 0. The lowest BCUT2D eigenvalue weighted by molar-refractivity contribution is -0.288. The summed E-state index contributed by atoms with van der Waals surface area (Å²) in [6.07, 6.45) is -13.2. The third-order valence-corrected chi connectivity index (χ3v) is 13.0. The van der Waals surface area contributed by atoms with Crippen molar-refractivity contribution in [2.24, 2.45) is 0 Å². The molecule has 0 aromatic heterocycles. The van der Waals surface area contributed by atoms with Gasteiger partial charge in [0.15, 0.2) is 0 Å². The SMILES string of the molecule is Nc1c(S(=O)(=O)O)cc(C(c2cc(S(=O)(=O)O)c(N)c(N)c2-c2cccc3c2Cc2ccccc2-3)(C(F)(F)F)C(F)(F)F)c(-c2cccc3c2Cc2ccccc2-3)c1N. The van der Waals surface area contributed by atoms with Crippen molar-refractivity contribution in [1.82, 2.24) is 0 Å². The van der Waals surface area contributed by atoms with Crippen molar-refractivity contribution < 1.29 is 52.3 Å². The van der Waals surface area contributed by atoms with Gasteiger partial charge in [0.2, 0.25) is 5.41 Å². The van der Waals surface area contributed by atoms with Crippen LogP contribution in [0.1, 0.15) is 33.4 Å². The van der Waals surface area contributed by atoms with Gasteiger partial charge < -0.3 is 22.9 Å². The van der Waals surface area contributed by atoms with E-state index in [1.807, 2.05) is 0 Å². The number of nitrogens with two attached hydrogens (primary N) is 4. The highest BCUT2D eigenvalue weighted by Crippen LogP contribution is 2.63. The molecule has 2 aliphatic rings. The lowest BCUT2D eigenvalue weighted by Crippen LogP contribution is -2.55. The average Bonchev–Trinajstić information content (AvgIpc) is 3.72. The zero-order chi connectivity index (χ0) is 42.8. The smallest absolute Gasteiger partial charge is 0.397 e. The molecule has 0 saturated heterocycles. The van der Waals surface area contributed by atoms with Crippen LogP contribution in [-0.4, -0.2) is 38.3 Å². The molecule has 8 rings (SSSR count). The Kier molecular flexibility index (Phi) is 8.73. The van der Waals surface area contributed by atoms with Gasteiger partial charge in [-0.1, -0.05) is 84.9 Å². The van der Waals surface area contributed by atoms with Crippen LogP contribution in [0.5, 0.6) is 0 Å². The Morgan fingerprint density at radius 2 is 0.780 bits per heavy atom. The first kappa shape index (κ1) is 39.7. The molecule has 0 bridgehead atoms. The first-order valence-electron chi connectivity index (χ1n) is 17.4. The first-order chi connectivity index (χ1) is 27.5. The van der Waals surface area contributed by atoms with Crippen LogP contribution in [0.3, 0.4) is 0 Å². The number of anilines is 4. The lowest BCUT2D eigenvalue weighted by Gasteiger charge is -2.42. The monoisotopic (exact) mass is 852 g/mol. The molecule has 0 atom stereocenters. The van der Waals surface area contributed by atoms with Crippen LogP contribution >= 0.6 is 0 Å². The molecule has 304 valence electrons. The molecule has 0 amide bonds. The molecule has 6 aromatic carbocycles. The Morgan fingerprint density at radius 1 is 0.458 bits per heavy atom. The minimum Gasteiger partial charge on any atom is -0.397 e. The Bertz CT molecular complexity index is 2840. The van der Waals surface area contributed by atoms with E-state index in [0.717, 1.165) is 0 Å². The van der Waals surface area contributed by atoms with Crippen LogP contribution in [0.2, 0.25) is 0 Å². The quantitative estimate of drug-likeness (QED) is 0.0534. The lowest BCUT2D eigenvalue weighted by atomic mass is 9.67. The van der Waals surface area contributed by atoms with Gasteiger partial charge >= 0.3 is 12.4 Å². The molecule has 0 unspecified atom stereocenters. The molecule has 0 fully saturated rings. The van der Waals surface area contributed by atoms with E-state index in [9.17, 15) is 25.9 Å².